The first-order valence-corrected chi connectivity index (χ1v) is 9.14. The summed E-state index contributed by atoms with van der Waals surface area (Å²) < 4.78 is 21.9. The standard InChI is InChI=1S/C13H28N2O2S/c1-15(13-7-4-3-5-8-13)11-6-9-14-10-12-18(2,16)17/h13-14H,3-12H2,1-2H3. The van der Waals surface area contributed by atoms with E-state index in [1.54, 1.807) is 0 Å². The van der Waals surface area contributed by atoms with Crippen molar-refractivity contribution in [1.29, 1.82) is 0 Å². The van der Waals surface area contributed by atoms with E-state index in [1.807, 2.05) is 0 Å². The molecule has 5 heteroatoms. The first-order valence-electron chi connectivity index (χ1n) is 7.08. The van der Waals surface area contributed by atoms with Gasteiger partial charge in [0.1, 0.15) is 9.84 Å². The van der Waals surface area contributed by atoms with Crippen LogP contribution >= 0.6 is 0 Å². The lowest BCUT2D eigenvalue weighted by atomic mass is 9.94. The SMILES string of the molecule is CN(CCCNCCS(C)(=O)=O)C1CCCCC1. The first-order chi connectivity index (χ1) is 8.49. The van der Waals surface area contributed by atoms with Crippen molar-refractivity contribution in [3.8, 4) is 0 Å². The number of hydrogen-bond donors (Lipinski definition) is 1. The van der Waals surface area contributed by atoms with Crippen molar-refractivity contribution in [1.82, 2.24) is 10.2 Å². The highest BCUT2D eigenvalue weighted by atomic mass is 32.2. The van der Waals surface area contributed by atoms with Gasteiger partial charge in [-0.2, -0.15) is 0 Å². The predicted octanol–water partition coefficient (Wildman–Crippen LogP) is 1.28. The van der Waals surface area contributed by atoms with Gasteiger partial charge in [-0.25, -0.2) is 8.42 Å². The normalized spacial score (nSPS) is 18.4. The third-order valence-corrected chi connectivity index (χ3v) is 4.66. The Hall–Kier alpha value is -0.130. The summed E-state index contributed by atoms with van der Waals surface area (Å²) in [7, 11) is -0.603. The number of hydrogen-bond acceptors (Lipinski definition) is 4. The fraction of sp³-hybridized carbons (Fsp3) is 1.00. The molecule has 0 atom stereocenters. The van der Waals surface area contributed by atoms with Crippen LogP contribution in [0.4, 0.5) is 0 Å². The summed E-state index contributed by atoms with van der Waals surface area (Å²) in [5.74, 6) is 0.242. The second kappa shape index (κ2) is 8.12. The van der Waals surface area contributed by atoms with Gasteiger partial charge in [0.15, 0.2) is 0 Å². The van der Waals surface area contributed by atoms with Crippen molar-refractivity contribution in [2.75, 3.05) is 38.7 Å². The highest BCUT2D eigenvalue weighted by molar-refractivity contribution is 7.90. The summed E-state index contributed by atoms with van der Waals surface area (Å²) in [4.78, 5) is 2.47. The molecule has 108 valence electrons. The maximum absolute atomic E-state index is 10.9. The lowest BCUT2D eigenvalue weighted by Gasteiger charge is -2.31. The zero-order valence-corrected chi connectivity index (χ0v) is 12.6. The van der Waals surface area contributed by atoms with E-state index in [2.05, 4.69) is 17.3 Å². The van der Waals surface area contributed by atoms with E-state index in [-0.39, 0.29) is 5.75 Å². The summed E-state index contributed by atoms with van der Waals surface area (Å²) in [6, 6.07) is 0.773. The largest absolute Gasteiger partial charge is 0.316 e. The summed E-state index contributed by atoms with van der Waals surface area (Å²) in [5.41, 5.74) is 0. The van der Waals surface area contributed by atoms with E-state index in [1.165, 1.54) is 38.4 Å². The molecule has 1 fully saturated rings. The summed E-state index contributed by atoms with van der Waals surface area (Å²) in [6.45, 7) is 2.59. The van der Waals surface area contributed by atoms with Gasteiger partial charge in [0.25, 0.3) is 0 Å². The quantitative estimate of drug-likeness (QED) is 0.678. The zero-order valence-electron chi connectivity index (χ0n) is 11.8. The third-order valence-electron chi connectivity index (χ3n) is 3.71. The molecule has 1 N–H and O–H groups in total. The summed E-state index contributed by atoms with van der Waals surface area (Å²) in [6.07, 6.45) is 9.22. The summed E-state index contributed by atoms with van der Waals surface area (Å²) in [5, 5.41) is 3.19. The van der Waals surface area contributed by atoms with Crippen molar-refractivity contribution in [3.63, 3.8) is 0 Å². The highest BCUT2D eigenvalue weighted by Gasteiger charge is 2.16. The van der Waals surface area contributed by atoms with E-state index in [0.717, 1.165) is 25.6 Å². The van der Waals surface area contributed by atoms with Crippen LogP contribution in [0.3, 0.4) is 0 Å². The minimum Gasteiger partial charge on any atom is -0.316 e. The monoisotopic (exact) mass is 276 g/mol. The lowest BCUT2D eigenvalue weighted by Crippen LogP contribution is -2.35. The van der Waals surface area contributed by atoms with Crippen LogP contribution in [-0.4, -0.2) is 58.1 Å². The molecule has 0 aliphatic heterocycles. The van der Waals surface area contributed by atoms with E-state index in [0.29, 0.717) is 6.54 Å². The Morgan fingerprint density at radius 1 is 1.17 bits per heavy atom. The fourth-order valence-corrected chi connectivity index (χ4v) is 3.06. The Kier molecular flexibility index (Phi) is 7.19. The van der Waals surface area contributed by atoms with Crippen LogP contribution in [0.5, 0.6) is 0 Å². The average Bonchev–Trinajstić information content (AvgIpc) is 2.33. The van der Waals surface area contributed by atoms with Crippen LogP contribution in [0.2, 0.25) is 0 Å². The molecule has 0 aromatic carbocycles. The van der Waals surface area contributed by atoms with Crippen LogP contribution in [0, 0.1) is 0 Å². The van der Waals surface area contributed by atoms with Crippen molar-refractivity contribution in [2.24, 2.45) is 0 Å². The van der Waals surface area contributed by atoms with Gasteiger partial charge < -0.3 is 10.2 Å². The van der Waals surface area contributed by atoms with Crippen molar-refractivity contribution >= 4 is 9.84 Å². The molecule has 0 amide bonds. The topological polar surface area (TPSA) is 49.4 Å². The van der Waals surface area contributed by atoms with Gasteiger partial charge in [-0.15, -0.1) is 0 Å². The minimum absolute atomic E-state index is 0.242. The molecule has 1 rings (SSSR count). The molecule has 1 aliphatic rings. The lowest BCUT2D eigenvalue weighted by molar-refractivity contribution is 0.190. The molecule has 0 bridgehead atoms. The average molecular weight is 276 g/mol. The van der Waals surface area contributed by atoms with E-state index in [9.17, 15) is 8.42 Å². The molecular formula is C13H28N2O2S. The van der Waals surface area contributed by atoms with Gasteiger partial charge in [-0.1, -0.05) is 19.3 Å². The third kappa shape index (κ3) is 7.34. The smallest absolute Gasteiger partial charge is 0.148 e. The molecule has 4 nitrogen and oxygen atoms in total. The first kappa shape index (κ1) is 15.9. The zero-order chi connectivity index (χ0) is 13.4. The molecule has 0 aromatic heterocycles. The molecule has 0 radical (unpaired) electrons. The summed E-state index contributed by atoms with van der Waals surface area (Å²) >= 11 is 0. The van der Waals surface area contributed by atoms with Crippen molar-refractivity contribution in [3.05, 3.63) is 0 Å². The van der Waals surface area contributed by atoms with E-state index >= 15 is 0 Å². The van der Waals surface area contributed by atoms with Gasteiger partial charge in [-0.05, 0) is 39.4 Å². The molecular weight excluding hydrogens is 248 g/mol. The van der Waals surface area contributed by atoms with Crippen molar-refractivity contribution < 1.29 is 8.42 Å². The fourth-order valence-electron chi connectivity index (χ4n) is 2.54. The Bertz CT molecular complexity index is 311. The highest BCUT2D eigenvalue weighted by Crippen LogP contribution is 2.21. The molecule has 0 unspecified atom stereocenters. The maximum Gasteiger partial charge on any atom is 0.148 e. The molecule has 0 heterocycles. The molecule has 1 aliphatic carbocycles. The predicted molar refractivity (Wildman–Crippen MR) is 76.7 cm³/mol. The van der Waals surface area contributed by atoms with Crippen LogP contribution < -0.4 is 5.32 Å². The Morgan fingerprint density at radius 2 is 1.83 bits per heavy atom. The minimum atomic E-state index is -2.82. The molecule has 1 saturated carbocycles. The molecule has 18 heavy (non-hydrogen) atoms. The van der Waals surface area contributed by atoms with E-state index < -0.39 is 9.84 Å². The Labute approximate surface area is 112 Å². The van der Waals surface area contributed by atoms with Gasteiger partial charge in [0, 0.05) is 18.8 Å². The van der Waals surface area contributed by atoms with Crippen LogP contribution in [-0.2, 0) is 9.84 Å². The number of nitrogens with zero attached hydrogens (tertiary/aromatic N) is 1. The van der Waals surface area contributed by atoms with Gasteiger partial charge >= 0.3 is 0 Å². The molecule has 0 aromatic rings. The van der Waals surface area contributed by atoms with Crippen LogP contribution in [0.1, 0.15) is 38.5 Å². The van der Waals surface area contributed by atoms with Crippen molar-refractivity contribution in [2.45, 2.75) is 44.6 Å². The van der Waals surface area contributed by atoms with Gasteiger partial charge in [0.05, 0.1) is 5.75 Å². The Balaban J connectivity index is 2.00. The van der Waals surface area contributed by atoms with Crippen LogP contribution in [0.15, 0.2) is 0 Å². The van der Waals surface area contributed by atoms with Crippen LogP contribution in [0.25, 0.3) is 0 Å². The molecule has 0 spiro atoms. The second-order valence-electron chi connectivity index (χ2n) is 5.51. The second-order valence-corrected chi connectivity index (χ2v) is 7.77. The maximum atomic E-state index is 10.9. The van der Waals surface area contributed by atoms with E-state index in [4.69, 9.17) is 0 Å². The number of nitrogens with one attached hydrogen (secondary N) is 1. The number of rotatable bonds is 8. The molecule has 0 saturated heterocycles. The van der Waals surface area contributed by atoms with Gasteiger partial charge in [0.2, 0.25) is 0 Å². The number of sulfone groups is 1. The van der Waals surface area contributed by atoms with Gasteiger partial charge in [-0.3, -0.25) is 0 Å². The Morgan fingerprint density at radius 3 is 2.44 bits per heavy atom.